The molecule has 0 radical (unpaired) electrons. The zero-order chi connectivity index (χ0) is 21.9. The summed E-state index contributed by atoms with van der Waals surface area (Å²) in [6.45, 7) is 11.6. The molecule has 0 heterocycles. The highest BCUT2D eigenvalue weighted by atomic mass is 16.5. The molecule has 0 amide bonds. The van der Waals surface area contributed by atoms with E-state index in [1.165, 1.54) is 44.9 Å². The predicted molar refractivity (Wildman–Crippen MR) is 131 cm³/mol. The Kier molecular flexibility index (Phi) is 10.2. The van der Waals surface area contributed by atoms with E-state index >= 15 is 0 Å². The number of benzene rings is 2. The summed E-state index contributed by atoms with van der Waals surface area (Å²) in [5.74, 6) is 1.52. The Morgan fingerprint density at radius 2 is 1.37 bits per heavy atom. The van der Waals surface area contributed by atoms with Crippen LogP contribution in [0.1, 0.15) is 91.5 Å². The average molecular weight is 411 g/mol. The highest BCUT2D eigenvalue weighted by Gasteiger charge is 2.20. The first kappa shape index (κ1) is 24.2. The Labute approximate surface area is 184 Å². The third-order valence-electron chi connectivity index (χ3n) is 5.77. The number of nitrogens with zero attached hydrogens (tertiary/aromatic N) is 1. The SMILES string of the molecule is CCCCCCCCCCOc1ccc(C(=N)N(C(C)C)C(C)C)c2ccccc12. The smallest absolute Gasteiger partial charge is 0.129 e. The largest absolute Gasteiger partial charge is 0.493 e. The molecule has 166 valence electrons. The Morgan fingerprint density at radius 1 is 0.800 bits per heavy atom. The summed E-state index contributed by atoms with van der Waals surface area (Å²) in [7, 11) is 0. The second-order valence-electron chi connectivity index (χ2n) is 8.92. The fourth-order valence-corrected chi connectivity index (χ4v) is 4.27. The zero-order valence-corrected chi connectivity index (χ0v) is 19.8. The summed E-state index contributed by atoms with van der Waals surface area (Å²) in [6, 6.07) is 13.0. The summed E-state index contributed by atoms with van der Waals surface area (Å²) in [4.78, 5) is 2.17. The summed E-state index contributed by atoms with van der Waals surface area (Å²) in [5, 5.41) is 11.1. The van der Waals surface area contributed by atoms with Gasteiger partial charge in [0.1, 0.15) is 11.6 Å². The first-order valence-electron chi connectivity index (χ1n) is 12.0. The molecule has 2 aromatic carbocycles. The van der Waals surface area contributed by atoms with Crippen LogP contribution in [0.5, 0.6) is 5.75 Å². The lowest BCUT2D eigenvalue weighted by atomic mass is 10.0. The molecule has 0 aliphatic rings. The van der Waals surface area contributed by atoms with Gasteiger partial charge in [0.25, 0.3) is 0 Å². The number of rotatable bonds is 13. The second-order valence-corrected chi connectivity index (χ2v) is 8.92. The standard InChI is InChI=1S/C27H42N2O/c1-6-7-8-9-10-11-12-15-20-30-26-19-18-25(23-16-13-14-17-24(23)26)27(28)29(21(2)3)22(4)5/h13-14,16-19,21-22,28H,6-12,15,20H2,1-5H3. The van der Waals surface area contributed by atoms with Gasteiger partial charge in [0.05, 0.1) is 6.61 Å². The monoisotopic (exact) mass is 410 g/mol. The van der Waals surface area contributed by atoms with Crippen molar-refractivity contribution >= 4 is 16.6 Å². The van der Waals surface area contributed by atoms with E-state index in [9.17, 15) is 0 Å². The number of fused-ring (bicyclic) bond motifs is 1. The van der Waals surface area contributed by atoms with Gasteiger partial charge >= 0.3 is 0 Å². The molecule has 3 heteroatoms. The highest BCUT2D eigenvalue weighted by molar-refractivity contribution is 6.09. The Bertz CT molecular complexity index is 774. The minimum absolute atomic E-state index is 0.286. The third kappa shape index (κ3) is 6.75. The van der Waals surface area contributed by atoms with E-state index in [4.69, 9.17) is 10.1 Å². The Hall–Kier alpha value is -2.03. The van der Waals surface area contributed by atoms with Crippen LogP contribution in [0.2, 0.25) is 0 Å². The van der Waals surface area contributed by atoms with Crippen LogP contribution in [0.3, 0.4) is 0 Å². The van der Waals surface area contributed by atoms with Crippen molar-refractivity contribution in [3.05, 3.63) is 42.0 Å². The summed E-state index contributed by atoms with van der Waals surface area (Å²) in [6.07, 6.45) is 10.4. The topological polar surface area (TPSA) is 36.3 Å². The normalized spacial score (nSPS) is 11.4. The Morgan fingerprint density at radius 3 is 1.97 bits per heavy atom. The van der Waals surface area contributed by atoms with Crippen molar-refractivity contribution in [3.8, 4) is 5.75 Å². The molecule has 3 nitrogen and oxygen atoms in total. The van der Waals surface area contributed by atoms with Crippen LogP contribution in [0.4, 0.5) is 0 Å². The fourth-order valence-electron chi connectivity index (χ4n) is 4.27. The maximum Gasteiger partial charge on any atom is 0.129 e. The van der Waals surface area contributed by atoms with Crippen LogP contribution < -0.4 is 4.74 Å². The summed E-state index contributed by atoms with van der Waals surface area (Å²) >= 11 is 0. The van der Waals surface area contributed by atoms with Crippen molar-refractivity contribution < 1.29 is 4.74 Å². The van der Waals surface area contributed by atoms with Crippen molar-refractivity contribution in [2.45, 2.75) is 98.1 Å². The quantitative estimate of drug-likeness (QED) is 0.208. The van der Waals surface area contributed by atoms with Gasteiger partial charge in [-0.1, -0.05) is 76.1 Å². The number of amidine groups is 1. The summed E-state index contributed by atoms with van der Waals surface area (Å²) < 4.78 is 6.17. The van der Waals surface area contributed by atoms with Gasteiger partial charge < -0.3 is 9.64 Å². The van der Waals surface area contributed by atoms with Crippen LogP contribution >= 0.6 is 0 Å². The molecule has 2 aromatic rings. The molecule has 0 fully saturated rings. The molecule has 0 aromatic heterocycles. The number of ether oxygens (including phenoxy) is 1. The molecule has 0 aliphatic heterocycles. The van der Waals surface area contributed by atoms with Crippen LogP contribution in [-0.2, 0) is 0 Å². The predicted octanol–water partition coefficient (Wildman–Crippen LogP) is 7.80. The lowest BCUT2D eigenvalue weighted by Gasteiger charge is -2.33. The van der Waals surface area contributed by atoms with Crippen molar-refractivity contribution in [1.29, 1.82) is 5.41 Å². The van der Waals surface area contributed by atoms with Gasteiger partial charge in [-0.15, -0.1) is 0 Å². The van der Waals surface area contributed by atoms with Crippen LogP contribution in [0.25, 0.3) is 10.8 Å². The first-order valence-corrected chi connectivity index (χ1v) is 12.0. The first-order chi connectivity index (χ1) is 14.5. The zero-order valence-electron chi connectivity index (χ0n) is 19.8. The van der Waals surface area contributed by atoms with Gasteiger partial charge in [-0.3, -0.25) is 5.41 Å². The van der Waals surface area contributed by atoms with Crippen LogP contribution in [-0.4, -0.2) is 29.4 Å². The molecule has 1 N–H and O–H groups in total. The van der Waals surface area contributed by atoms with Gasteiger partial charge in [0.2, 0.25) is 0 Å². The minimum Gasteiger partial charge on any atom is -0.493 e. The number of hydrogen-bond donors (Lipinski definition) is 1. The molecular formula is C27H42N2O. The molecule has 0 aliphatic carbocycles. The molecule has 30 heavy (non-hydrogen) atoms. The van der Waals surface area contributed by atoms with Crippen molar-refractivity contribution in [2.75, 3.05) is 6.61 Å². The highest BCUT2D eigenvalue weighted by Crippen LogP contribution is 2.30. The molecule has 0 unspecified atom stereocenters. The minimum atomic E-state index is 0.286. The van der Waals surface area contributed by atoms with Gasteiger partial charge in [0.15, 0.2) is 0 Å². The van der Waals surface area contributed by atoms with E-state index in [-0.39, 0.29) is 12.1 Å². The average Bonchev–Trinajstić information content (AvgIpc) is 2.71. The van der Waals surface area contributed by atoms with E-state index in [0.29, 0.717) is 5.84 Å². The van der Waals surface area contributed by atoms with Gasteiger partial charge in [-0.05, 0) is 51.6 Å². The lowest BCUT2D eigenvalue weighted by molar-refractivity contribution is 0.291. The molecule has 0 spiro atoms. The maximum atomic E-state index is 8.86. The van der Waals surface area contributed by atoms with E-state index in [0.717, 1.165) is 35.1 Å². The van der Waals surface area contributed by atoms with Crippen LogP contribution in [0, 0.1) is 5.41 Å². The molecule has 0 bridgehead atoms. The number of hydrogen-bond acceptors (Lipinski definition) is 2. The Balaban J connectivity index is 2.01. The molecule has 2 rings (SSSR count). The summed E-state index contributed by atoms with van der Waals surface area (Å²) in [5.41, 5.74) is 0.979. The van der Waals surface area contributed by atoms with Crippen molar-refractivity contribution in [2.24, 2.45) is 0 Å². The second kappa shape index (κ2) is 12.6. The van der Waals surface area contributed by atoms with Gasteiger partial charge in [0, 0.05) is 23.0 Å². The van der Waals surface area contributed by atoms with Gasteiger partial charge in [-0.2, -0.15) is 0 Å². The van der Waals surface area contributed by atoms with E-state index < -0.39 is 0 Å². The number of nitrogens with one attached hydrogen (secondary N) is 1. The molecule has 0 saturated carbocycles. The van der Waals surface area contributed by atoms with E-state index in [1.54, 1.807) is 0 Å². The van der Waals surface area contributed by atoms with E-state index in [2.05, 4.69) is 75.9 Å². The number of unbranched alkanes of at least 4 members (excludes halogenated alkanes) is 7. The van der Waals surface area contributed by atoms with Crippen LogP contribution in [0.15, 0.2) is 36.4 Å². The molecular weight excluding hydrogens is 368 g/mol. The van der Waals surface area contributed by atoms with Crippen molar-refractivity contribution in [1.82, 2.24) is 4.90 Å². The maximum absolute atomic E-state index is 8.86. The fraction of sp³-hybridized carbons (Fsp3) is 0.593. The lowest BCUT2D eigenvalue weighted by Crippen LogP contribution is -2.42. The third-order valence-corrected chi connectivity index (χ3v) is 5.77. The molecule has 0 saturated heterocycles. The van der Waals surface area contributed by atoms with E-state index in [1.807, 2.05) is 0 Å². The van der Waals surface area contributed by atoms with Crippen molar-refractivity contribution in [3.63, 3.8) is 0 Å². The van der Waals surface area contributed by atoms with Gasteiger partial charge in [-0.25, -0.2) is 0 Å². The molecule has 0 atom stereocenters.